The highest BCUT2D eigenvalue weighted by atomic mass is 32.1. The van der Waals surface area contributed by atoms with Crippen molar-refractivity contribution in [2.45, 2.75) is 0 Å². The molecule has 21 heavy (non-hydrogen) atoms. The van der Waals surface area contributed by atoms with Crippen LogP contribution in [0.5, 0.6) is 0 Å². The van der Waals surface area contributed by atoms with Crippen molar-refractivity contribution < 1.29 is 4.79 Å². The van der Waals surface area contributed by atoms with E-state index in [-0.39, 0.29) is 5.78 Å². The second-order valence-corrected chi connectivity index (χ2v) is 5.49. The van der Waals surface area contributed by atoms with Crippen LogP contribution in [0.25, 0.3) is 17.2 Å². The minimum absolute atomic E-state index is 0.0299. The average Bonchev–Trinajstić information content (AvgIpc) is 3.03. The van der Waals surface area contributed by atoms with E-state index in [4.69, 9.17) is 0 Å². The molecule has 0 saturated heterocycles. The number of hydrogen-bond acceptors (Lipinski definition) is 3. The van der Waals surface area contributed by atoms with E-state index in [2.05, 4.69) is 28.6 Å². The summed E-state index contributed by atoms with van der Waals surface area (Å²) in [5.74, 6) is -0.0299. The van der Waals surface area contributed by atoms with Crippen molar-refractivity contribution in [1.82, 2.24) is 4.98 Å². The van der Waals surface area contributed by atoms with Gasteiger partial charge in [0.2, 0.25) is 0 Å². The topological polar surface area (TPSA) is 30.0 Å². The van der Waals surface area contributed by atoms with Crippen LogP contribution in [0.1, 0.15) is 15.2 Å². The third-order valence-electron chi connectivity index (χ3n) is 3.07. The predicted molar refractivity (Wildman–Crippen MR) is 87.4 cm³/mol. The van der Waals surface area contributed by atoms with E-state index in [0.29, 0.717) is 5.56 Å². The summed E-state index contributed by atoms with van der Waals surface area (Å²) in [6.07, 6.45) is 6.69. The lowest BCUT2D eigenvalue weighted by Gasteiger charge is -1.94. The zero-order valence-corrected chi connectivity index (χ0v) is 12.1. The van der Waals surface area contributed by atoms with Gasteiger partial charge in [-0.2, -0.15) is 0 Å². The highest BCUT2D eigenvalue weighted by Crippen LogP contribution is 2.26. The van der Waals surface area contributed by atoms with Crippen LogP contribution in [0.15, 0.2) is 72.4 Å². The predicted octanol–water partition coefficient (Wildman–Crippen LogP) is 4.71. The molecule has 2 nitrogen and oxygen atoms in total. The van der Waals surface area contributed by atoms with Crippen LogP contribution in [0.4, 0.5) is 0 Å². The van der Waals surface area contributed by atoms with Gasteiger partial charge >= 0.3 is 0 Å². The first-order valence-electron chi connectivity index (χ1n) is 6.59. The molecule has 0 N–H and O–H groups in total. The number of benzene rings is 1. The Morgan fingerprint density at radius 3 is 2.67 bits per heavy atom. The lowest BCUT2D eigenvalue weighted by Crippen LogP contribution is -1.93. The highest BCUT2D eigenvalue weighted by Gasteiger charge is 2.02. The summed E-state index contributed by atoms with van der Waals surface area (Å²) in [4.78, 5) is 17.0. The quantitative estimate of drug-likeness (QED) is 0.515. The van der Waals surface area contributed by atoms with Crippen molar-refractivity contribution in [3.05, 3.63) is 82.8 Å². The molecule has 0 radical (unpaired) electrons. The first kappa shape index (κ1) is 13.5. The summed E-state index contributed by atoms with van der Waals surface area (Å²) in [5, 5.41) is 2.10. The summed E-state index contributed by atoms with van der Waals surface area (Å²) in [5.41, 5.74) is 2.97. The third kappa shape index (κ3) is 3.33. The molecule has 3 aromatic rings. The van der Waals surface area contributed by atoms with E-state index < -0.39 is 0 Å². The fourth-order valence-electron chi connectivity index (χ4n) is 1.98. The Morgan fingerprint density at radius 1 is 1.05 bits per heavy atom. The highest BCUT2D eigenvalue weighted by molar-refractivity contribution is 7.11. The number of ketones is 1. The fraction of sp³-hybridized carbons (Fsp3) is 0. The van der Waals surface area contributed by atoms with Crippen LogP contribution in [0.2, 0.25) is 0 Å². The maximum absolute atomic E-state index is 12.0. The molecule has 3 rings (SSSR count). The summed E-state index contributed by atoms with van der Waals surface area (Å²) >= 11 is 1.63. The monoisotopic (exact) mass is 291 g/mol. The Labute approximate surface area is 127 Å². The van der Waals surface area contributed by atoms with Gasteiger partial charge in [-0.15, -0.1) is 11.3 Å². The summed E-state index contributed by atoms with van der Waals surface area (Å²) in [6, 6.07) is 15.8. The second kappa shape index (κ2) is 6.29. The van der Waals surface area contributed by atoms with Crippen LogP contribution in [0.3, 0.4) is 0 Å². The summed E-state index contributed by atoms with van der Waals surface area (Å²) in [6.45, 7) is 0. The molecule has 0 fully saturated rings. The number of hydrogen-bond donors (Lipinski definition) is 0. The molecule has 0 bridgehead atoms. The zero-order valence-electron chi connectivity index (χ0n) is 11.3. The van der Waals surface area contributed by atoms with Gasteiger partial charge in [-0.05, 0) is 46.9 Å². The lowest BCUT2D eigenvalue weighted by atomic mass is 10.1. The second-order valence-electron chi connectivity index (χ2n) is 4.54. The van der Waals surface area contributed by atoms with Crippen molar-refractivity contribution in [2.75, 3.05) is 0 Å². The number of nitrogens with zero attached hydrogens (tertiary/aromatic N) is 1. The molecule has 2 aromatic heterocycles. The van der Waals surface area contributed by atoms with Gasteiger partial charge < -0.3 is 0 Å². The Kier molecular flexibility index (Phi) is 4.03. The average molecular weight is 291 g/mol. The number of carbonyl (C=O) groups excluding carboxylic acids is 1. The van der Waals surface area contributed by atoms with Gasteiger partial charge in [0, 0.05) is 22.8 Å². The Morgan fingerprint density at radius 2 is 1.90 bits per heavy atom. The molecule has 0 amide bonds. The molecule has 2 heterocycles. The van der Waals surface area contributed by atoms with Gasteiger partial charge in [-0.1, -0.05) is 30.3 Å². The van der Waals surface area contributed by atoms with Crippen LogP contribution >= 0.6 is 11.3 Å². The Bertz CT molecular complexity index is 760. The largest absolute Gasteiger partial charge is 0.289 e. The number of rotatable bonds is 4. The SMILES string of the molecule is O=C(/C=C/c1cc(-c2ccccc2)cs1)c1cccnc1. The fourth-order valence-corrected chi connectivity index (χ4v) is 2.79. The number of pyridine rings is 1. The number of aromatic nitrogens is 1. The van der Waals surface area contributed by atoms with Gasteiger partial charge in [0.15, 0.2) is 5.78 Å². The standard InChI is InChI=1S/C18H13NOS/c20-18(15-7-4-10-19-12-15)9-8-17-11-16(13-21-17)14-5-2-1-3-6-14/h1-13H/b9-8+. The molecular formula is C18H13NOS. The number of carbonyl (C=O) groups is 1. The molecular weight excluding hydrogens is 278 g/mol. The molecule has 0 unspecified atom stereocenters. The molecule has 0 saturated carbocycles. The number of allylic oxidation sites excluding steroid dienone is 1. The van der Waals surface area contributed by atoms with Gasteiger partial charge in [-0.3, -0.25) is 9.78 Å². The van der Waals surface area contributed by atoms with E-state index in [0.717, 1.165) is 4.88 Å². The first-order chi connectivity index (χ1) is 10.3. The smallest absolute Gasteiger partial charge is 0.187 e. The molecule has 0 aliphatic rings. The van der Waals surface area contributed by atoms with Crippen LogP contribution < -0.4 is 0 Å². The summed E-state index contributed by atoms with van der Waals surface area (Å²) in [7, 11) is 0. The van der Waals surface area contributed by atoms with Crippen LogP contribution in [-0.2, 0) is 0 Å². The van der Waals surface area contributed by atoms with Crippen molar-refractivity contribution in [1.29, 1.82) is 0 Å². The maximum Gasteiger partial charge on any atom is 0.187 e. The van der Waals surface area contributed by atoms with E-state index in [1.54, 1.807) is 41.9 Å². The van der Waals surface area contributed by atoms with Gasteiger partial charge in [-0.25, -0.2) is 0 Å². The van der Waals surface area contributed by atoms with Gasteiger partial charge in [0.25, 0.3) is 0 Å². The van der Waals surface area contributed by atoms with Crippen LogP contribution in [-0.4, -0.2) is 10.8 Å². The van der Waals surface area contributed by atoms with Gasteiger partial charge in [0.1, 0.15) is 0 Å². The minimum atomic E-state index is -0.0299. The Balaban J connectivity index is 1.76. The Hall–Kier alpha value is -2.52. The maximum atomic E-state index is 12.0. The van der Waals surface area contributed by atoms with E-state index in [1.165, 1.54) is 11.1 Å². The van der Waals surface area contributed by atoms with Gasteiger partial charge in [0.05, 0.1) is 0 Å². The molecule has 0 atom stereocenters. The summed E-state index contributed by atoms with van der Waals surface area (Å²) < 4.78 is 0. The van der Waals surface area contributed by atoms with Crippen LogP contribution in [0, 0.1) is 0 Å². The first-order valence-corrected chi connectivity index (χ1v) is 7.47. The molecule has 1 aromatic carbocycles. The van der Waals surface area contributed by atoms with E-state index in [9.17, 15) is 4.79 Å². The molecule has 3 heteroatoms. The third-order valence-corrected chi connectivity index (χ3v) is 3.97. The molecule has 0 spiro atoms. The van der Waals surface area contributed by atoms with Crippen molar-refractivity contribution >= 4 is 23.2 Å². The number of thiophene rings is 1. The zero-order chi connectivity index (χ0) is 14.5. The normalized spacial score (nSPS) is 10.9. The van der Waals surface area contributed by atoms with Crippen molar-refractivity contribution in [3.63, 3.8) is 0 Å². The van der Waals surface area contributed by atoms with Crippen molar-refractivity contribution in [2.24, 2.45) is 0 Å². The molecule has 0 aliphatic carbocycles. The van der Waals surface area contributed by atoms with Crippen molar-refractivity contribution in [3.8, 4) is 11.1 Å². The minimum Gasteiger partial charge on any atom is -0.289 e. The van der Waals surface area contributed by atoms with E-state index >= 15 is 0 Å². The molecule has 102 valence electrons. The lowest BCUT2D eigenvalue weighted by molar-refractivity contribution is 0.104. The molecule has 0 aliphatic heterocycles. The van der Waals surface area contributed by atoms with E-state index in [1.807, 2.05) is 24.3 Å².